The third kappa shape index (κ3) is 1.08. The second-order valence-corrected chi connectivity index (χ2v) is 2.73. The average molecular weight is 241 g/mol. The summed E-state index contributed by atoms with van der Waals surface area (Å²) in [6.07, 6.45) is -5.82. The summed E-state index contributed by atoms with van der Waals surface area (Å²) >= 11 is 0. The van der Waals surface area contributed by atoms with Crippen LogP contribution in [0.25, 0.3) is 0 Å². The van der Waals surface area contributed by atoms with E-state index in [1.165, 1.54) is 0 Å². The predicted octanol–water partition coefficient (Wildman–Crippen LogP) is 1.03. The molecule has 3 nitrogen and oxygen atoms in total. The van der Waals surface area contributed by atoms with Gasteiger partial charge in [0, 0.05) is 0 Å². The minimum absolute atomic E-state index is 2.45. The topological polar surface area (TPSA) is 52.3 Å². The van der Waals surface area contributed by atoms with Crippen molar-refractivity contribution >= 4 is 5.91 Å². The van der Waals surface area contributed by atoms with Gasteiger partial charge in [0.15, 0.2) is 0 Å². The van der Waals surface area contributed by atoms with Crippen LogP contribution in [0.2, 0.25) is 0 Å². The summed E-state index contributed by atoms with van der Waals surface area (Å²) in [5.41, 5.74) is 3.96. The summed E-state index contributed by atoms with van der Waals surface area (Å²) in [4.78, 5) is 10.1. The second-order valence-electron chi connectivity index (χ2n) is 2.73. The number of halogens is 7. The Morgan fingerprint density at radius 1 is 0.933 bits per heavy atom. The molecule has 0 aromatic rings. The van der Waals surface area contributed by atoms with Gasteiger partial charge in [0.1, 0.15) is 0 Å². The van der Waals surface area contributed by atoms with E-state index in [0.717, 1.165) is 0 Å². The van der Waals surface area contributed by atoms with Crippen molar-refractivity contribution in [2.75, 3.05) is 0 Å². The molecule has 88 valence electrons. The van der Waals surface area contributed by atoms with Crippen molar-refractivity contribution < 1.29 is 40.3 Å². The van der Waals surface area contributed by atoms with E-state index < -0.39 is 29.7 Å². The van der Waals surface area contributed by atoms with Crippen molar-refractivity contribution in [1.29, 1.82) is 0 Å². The van der Waals surface area contributed by atoms with Gasteiger partial charge in [0.25, 0.3) is 5.91 Å². The first-order chi connectivity index (χ1) is 6.40. The fourth-order valence-electron chi connectivity index (χ4n) is 0.895. The van der Waals surface area contributed by atoms with E-state index in [1.54, 1.807) is 0 Å². The molecular weight excluding hydrogens is 239 g/mol. The first-order valence-corrected chi connectivity index (χ1v) is 3.22. The van der Waals surface area contributed by atoms with Crippen molar-refractivity contribution in [1.82, 2.24) is 0 Å². The molecule has 1 rings (SSSR count). The zero-order chi connectivity index (χ0) is 12.3. The lowest BCUT2D eigenvalue weighted by Gasteiger charge is -2.23. The number of alkyl halides is 7. The lowest BCUT2D eigenvalue weighted by atomic mass is 10.1. The highest BCUT2D eigenvalue weighted by atomic mass is 19.4. The normalized spacial score (nSPS) is 36.5. The Balaban J connectivity index is 3.38. The summed E-state index contributed by atoms with van der Waals surface area (Å²) in [6, 6.07) is 0. The Kier molecular flexibility index (Phi) is 2.04. The van der Waals surface area contributed by atoms with Gasteiger partial charge < -0.3 is 5.73 Å². The van der Waals surface area contributed by atoms with Crippen LogP contribution in [0.4, 0.5) is 30.7 Å². The van der Waals surface area contributed by atoms with Gasteiger partial charge in [-0.15, -0.1) is 0 Å². The molecule has 2 N–H and O–H groups in total. The van der Waals surface area contributed by atoms with Crippen LogP contribution >= 0.6 is 0 Å². The number of nitrogens with two attached hydrogens (primary N) is 1. The maximum absolute atomic E-state index is 12.8. The molecule has 0 saturated carbocycles. The molecule has 1 amide bonds. The van der Waals surface area contributed by atoms with Gasteiger partial charge in [-0.25, -0.2) is 0 Å². The molecular formula is C5H2F7NO2. The highest BCUT2D eigenvalue weighted by Crippen LogP contribution is 2.60. The molecule has 0 aromatic carbocycles. The maximum Gasteiger partial charge on any atom is 0.429 e. The molecule has 0 bridgehead atoms. The van der Waals surface area contributed by atoms with E-state index in [2.05, 4.69) is 10.5 Å². The van der Waals surface area contributed by atoms with Gasteiger partial charge >= 0.3 is 23.8 Å². The number of carbonyl (C=O) groups excluding carboxylic acids is 1. The van der Waals surface area contributed by atoms with Gasteiger partial charge in [-0.1, -0.05) is 0 Å². The van der Waals surface area contributed by atoms with Gasteiger partial charge in [-0.3, -0.25) is 9.53 Å². The zero-order valence-corrected chi connectivity index (χ0v) is 6.54. The van der Waals surface area contributed by atoms with E-state index in [4.69, 9.17) is 0 Å². The second kappa shape index (κ2) is 2.54. The number of ether oxygens (including phenoxy) is 1. The first-order valence-electron chi connectivity index (χ1n) is 3.22. The zero-order valence-electron chi connectivity index (χ0n) is 6.54. The third-order valence-electron chi connectivity index (χ3n) is 1.75. The standard InChI is InChI=1S/C5H2F7NO2/c6-2(1(13)14)3(7,8)4(9,10)5(11,12)15-2/h(H2,13,14). The smallest absolute Gasteiger partial charge is 0.364 e. The molecule has 1 heterocycles. The van der Waals surface area contributed by atoms with Gasteiger partial charge in [-0.05, 0) is 0 Å². The lowest BCUT2D eigenvalue weighted by molar-refractivity contribution is -0.333. The van der Waals surface area contributed by atoms with Gasteiger partial charge in [0.2, 0.25) is 0 Å². The molecule has 1 aliphatic heterocycles. The van der Waals surface area contributed by atoms with Crippen LogP contribution in [0.5, 0.6) is 0 Å². The number of rotatable bonds is 1. The Labute approximate surface area is 77.0 Å². The molecule has 15 heavy (non-hydrogen) atoms. The fraction of sp³-hybridized carbons (Fsp3) is 0.800. The van der Waals surface area contributed by atoms with Crippen LogP contribution in [-0.2, 0) is 9.53 Å². The molecule has 0 aromatic heterocycles. The van der Waals surface area contributed by atoms with Crippen molar-refractivity contribution in [2.24, 2.45) is 5.73 Å². The van der Waals surface area contributed by atoms with Crippen molar-refractivity contribution in [3.05, 3.63) is 0 Å². The van der Waals surface area contributed by atoms with Crippen LogP contribution in [0, 0.1) is 0 Å². The monoisotopic (exact) mass is 241 g/mol. The summed E-state index contributed by atoms with van der Waals surface area (Å²) < 4.78 is 89.1. The number of amides is 1. The van der Waals surface area contributed by atoms with Crippen LogP contribution in [-0.4, -0.2) is 29.7 Å². The van der Waals surface area contributed by atoms with E-state index in [9.17, 15) is 35.5 Å². The summed E-state index contributed by atoms with van der Waals surface area (Å²) in [5.74, 6) is -20.2. The molecule has 0 radical (unpaired) electrons. The minimum atomic E-state index is -6.16. The first kappa shape index (κ1) is 12.0. The Bertz CT molecular complexity index is 317. The SMILES string of the molecule is NC(=O)C1(F)OC(F)(F)C(F)(F)C1(F)F. The average Bonchev–Trinajstić information content (AvgIpc) is 2.09. The highest BCUT2D eigenvalue weighted by Gasteiger charge is 2.91. The quantitative estimate of drug-likeness (QED) is 0.697. The van der Waals surface area contributed by atoms with E-state index in [-0.39, 0.29) is 0 Å². The molecule has 1 aliphatic rings. The fourth-order valence-corrected chi connectivity index (χ4v) is 0.895. The van der Waals surface area contributed by atoms with Crippen molar-refractivity contribution in [3.63, 3.8) is 0 Å². The molecule has 1 saturated heterocycles. The summed E-state index contributed by atoms with van der Waals surface area (Å²) in [6.45, 7) is 0. The van der Waals surface area contributed by atoms with E-state index in [0.29, 0.717) is 0 Å². The van der Waals surface area contributed by atoms with Gasteiger partial charge in [0.05, 0.1) is 0 Å². The van der Waals surface area contributed by atoms with Crippen LogP contribution < -0.4 is 5.73 Å². The maximum atomic E-state index is 12.8. The van der Waals surface area contributed by atoms with Crippen molar-refractivity contribution in [3.8, 4) is 0 Å². The number of hydrogen-bond acceptors (Lipinski definition) is 2. The minimum Gasteiger partial charge on any atom is -0.364 e. The third-order valence-corrected chi connectivity index (χ3v) is 1.75. The number of primary amides is 1. The van der Waals surface area contributed by atoms with Crippen LogP contribution in [0.1, 0.15) is 0 Å². The summed E-state index contributed by atoms with van der Waals surface area (Å²) in [7, 11) is 0. The summed E-state index contributed by atoms with van der Waals surface area (Å²) in [5, 5.41) is 0. The lowest BCUT2D eigenvalue weighted by Crippen LogP contribution is -2.57. The molecule has 1 unspecified atom stereocenters. The van der Waals surface area contributed by atoms with Crippen LogP contribution in [0.3, 0.4) is 0 Å². The molecule has 0 aliphatic carbocycles. The predicted molar refractivity (Wildman–Crippen MR) is 29.0 cm³/mol. The number of carbonyl (C=O) groups is 1. The molecule has 10 heteroatoms. The molecule has 1 fully saturated rings. The molecule has 1 atom stereocenters. The van der Waals surface area contributed by atoms with E-state index >= 15 is 0 Å². The highest BCUT2D eigenvalue weighted by molar-refractivity contribution is 5.83. The van der Waals surface area contributed by atoms with Crippen molar-refractivity contribution in [2.45, 2.75) is 23.8 Å². The Hall–Kier alpha value is -1.06. The Morgan fingerprint density at radius 2 is 1.33 bits per heavy atom. The number of hydrogen-bond donors (Lipinski definition) is 1. The van der Waals surface area contributed by atoms with E-state index in [1.807, 2.05) is 0 Å². The van der Waals surface area contributed by atoms with Crippen LogP contribution in [0.15, 0.2) is 0 Å². The largest absolute Gasteiger partial charge is 0.429 e. The Morgan fingerprint density at radius 3 is 1.47 bits per heavy atom. The van der Waals surface area contributed by atoms with Gasteiger partial charge in [-0.2, -0.15) is 30.7 Å². The molecule has 0 spiro atoms.